The van der Waals surface area contributed by atoms with Crippen molar-refractivity contribution in [2.45, 2.75) is 16.7 Å². The summed E-state index contributed by atoms with van der Waals surface area (Å²) in [6.07, 6.45) is 0.775. The Morgan fingerprint density at radius 1 is 0.938 bits per heavy atom. The molecule has 0 aromatic rings. The quantitative estimate of drug-likeness (QED) is 0.530. The highest BCUT2D eigenvalue weighted by Crippen LogP contribution is 2.69. The summed E-state index contributed by atoms with van der Waals surface area (Å²) in [6, 6.07) is 0. The Morgan fingerprint density at radius 3 is 2.00 bits per heavy atom. The van der Waals surface area contributed by atoms with E-state index in [9.17, 15) is 0 Å². The van der Waals surface area contributed by atoms with Crippen LogP contribution in [0.1, 0.15) is 6.42 Å². The van der Waals surface area contributed by atoms with Crippen LogP contribution in [0.2, 0.25) is 0 Å². The van der Waals surface area contributed by atoms with Crippen molar-refractivity contribution < 1.29 is 0 Å². The van der Waals surface area contributed by atoms with Crippen molar-refractivity contribution in [2.75, 3.05) is 0 Å². The lowest BCUT2D eigenvalue weighted by Crippen LogP contribution is -2.40. The largest absolute Gasteiger partial charge is 0.122 e. The normalized spacial score (nSPS) is 50.6. The van der Waals surface area contributed by atoms with Gasteiger partial charge in [-0.05, 0) is 6.42 Å². The molecule has 88 valence electrons. The van der Waals surface area contributed by atoms with E-state index in [0.29, 0.717) is 20.1 Å². The van der Waals surface area contributed by atoms with Gasteiger partial charge in [0.15, 0.2) is 0 Å². The molecule has 1 saturated carbocycles. The predicted octanol–water partition coefficient (Wildman–Crippen LogP) is 5.23. The van der Waals surface area contributed by atoms with Crippen LogP contribution in [0, 0.1) is 17.8 Å². The Labute approximate surface area is 123 Å². The summed E-state index contributed by atoms with van der Waals surface area (Å²) in [5.74, 6) is 0.0937. The highest BCUT2D eigenvalue weighted by molar-refractivity contribution is 6.53. The summed E-state index contributed by atoms with van der Waals surface area (Å²) in [5.41, 5.74) is 0. The zero-order valence-electron chi connectivity index (χ0n) is 7.78. The van der Waals surface area contributed by atoms with Gasteiger partial charge in [0.1, 0.15) is 4.87 Å². The van der Waals surface area contributed by atoms with Gasteiger partial charge in [0, 0.05) is 33.2 Å². The molecule has 1 fully saturated rings. The SMILES string of the molecule is ClC1=C(Cl)C2(Cl)C(Cl)=C(Cl)C3CC1C(Cl)C32. The van der Waals surface area contributed by atoms with Gasteiger partial charge in [-0.1, -0.05) is 46.4 Å². The lowest BCUT2D eigenvalue weighted by molar-refractivity contribution is 0.433. The monoisotopic (exact) mass is 336 g/mol. The van der Waals surface area contributed by atoms with Crippen LogP contribution in [0.15, 0.2) is 20.1 Å². The van der Waals surface area contributed by atoms with E-state index < -0.39 is 4.87 Å². The maximum Gasteiger partial charge on any atom is 0.122 e. The highest BCUT2D eigenvalue weighted by Gasteiger charge is 2.65. The van der Waals surface area contributed by atoms with Gasteiger partial charge in [0.2, 0.25) is 0 Å². The van der Waals surface area contributed by atoms with Gasteiger partial charge >= 0.3 is 0 Å². The summed E-state index contributed by atoms with van der Waals surface area (Å²) >= 11 is 37.8. The minimum Gasteiger partial charge on any atom is -0.122 e. The van der Waals surface area contributed by atoms with Crippen LogP contribution in [0.4, 0.5) is 0 Å². The van der Waals surface area contributed by atoms with Gasteiger partial charge in [-0.25, -0.2) is 0 Å². The molecule has 0 nitrogen and oxygen atoms in total. The second kappa shape index (κ2) is 3.62. The number of halogens is 6. The maximum atomic E-state index is 6.55. The third-order valence-electron chi connectivity index (χ3n) is 3.84. The molecule has 0 amide bonds. The molecule has 0 saturated heterocycles. The number of allylic oxidation sites excluding steroid dienone is 4. The van der Waals surface area contributed by atoms with E-state index in [1.165, 1.54) is 0 Å². The molecule has 0 radical (unpaired) electrons. The molecule has 0 aromatic carbocycles. The van der Waals surface area contributed by atoms with E-state index >= 15 is 0 Å². The number of fused-ring (bicyclic) bond motifs is 1. The second-order valence-electron chi connectivity index (χ2n) is 4.45. The molecule has 5 atom stereocenters. The van der Waals surface area contributed by atoms with E-state index in [-0.39, 0.29) is 23.1 Å². The first-order valence-electron chi connectivity index (χ1n) is 4.85. The summed E-state index contributed by atoms with van der Waals surface area (Å²) in [7, 11) is 0. The molecule has 2 bridgehead atoms. The Kier molecular flexibility index (Phi) is 2.77. The maximum absolute atomic E-state index is 6.55. The van der Waals surface area contributed by atoms with Crippen LogP contribution < -0.4 is 0 Å². The third-order valence-corrected chi connectivity index (χ3v) is 7.37. The first kappa shape index (κ1) is 12.3. The summed E-state index contributed by atoms with van der Waals surface area (Å²) < 4.78 is 0. The summed E-state index contributed by atoms with van der Waals surface area (Å²) in [4.78, 5) is -0.999. The third kappa shape index (κ3) is 1.17. The Bertz CT molecular complexity index is 439. The lowest BCUT2D eigenvalue weighted by Gasteiger charge is -2.37. The van der Waals surface area contributed by atoms with Gasteiger partial charge in [-0.2, -0.15) is 0 Å². The molecule has 0 aromatic heterocycles. The summed E-state index contributed by atoms with van der Waals surface area (Å²) in [5, 5.41) is 1.76. The number of hydrogen-bond acceptors (Lipinski definition) is 0. The van der Waals surface area contributed by atoms with Crippen LogP contribution in [0.25, 0.3) is 0 Å². The van der Waals surface area contributed by atoms with E-state index in [0.717, 1.165) is 6.42 Å². The van der Waals surface area contributed by atoms with Crippen LogP contribution >= 0.6 is 69.6 Å². The second-order valence-corrected chi connectivity index (χ2v) is 7.12. The first-order chi connectivity index (χ1) is 7.40. The fraction of sp³-hybridized carbons (Fsp3) is 0.600. The van der Waals surface area contributed by atoms with Crippen molar-refractivity contribution in [3.05, 3.63) is 20.1 Å². The van der Waals surface area contributed by atoms with Gasteiger partial charge in [-0.15, -0.1) is 23.2 Å². The minimum atomic E-state index is -0.999. The average molecular weight is 339 g/mol. The lowest BCUT2D eigenvalue weighted by atomic mass is 9.84. The Hall–Kier alpha value is 1.22. The molecule has 0 spiro atoms. The van der Waals surface area contributed by atoms with E-state index in [1.54, 1.807) is 0 Å². The standard InChI is InChI=1S/C10H6Cl6/c11-5-3-1-2-4(5)10(16,8(14)6(2)12)9(15)7(3)13/h2-5H,1H2. The van der Waals surface area contributed by atoms with Crippen molar-refractivity contribution in [3.8, 4) is 0 Å². The smallest absolute Gasteiger partial charge is 0.122 e. The topological polar surface area (TPSA) is 0 Å². The van der Waals surface area contributed by atoms with Crippen molar-refractivity contribution in [2.24, 2.45) is 17.8 Å². The zero-order valence-corrected chi connectivity index (χ0v) is 12.3. The Balaban J connectivity index is 2.29. The van der Waals surface area contributed by atoms with E-state index in [2.05, 4.69) is 0 Å². The Morgan fingerprint density at radius 2 is 1.44 bits per heavy atom. The molecule has 0 heterocycles. The molecule has 0 N–H and O–H groups in total. The van der Waals surface area contributed by atoms with Crippen LogP contribution in [0.3, 0.4) is 0 Å². The predicted molar refractivity (Wildman–Crippen MR) is 70.8 cm³/mol. The van der Waals surface area contributed by atoms with Crippen molar-refractivity contribution in [1.29, 1.82) is 0 Å². The van der Waals surface area contributed by atoms with Gasteiger partial charge in [0.05, 0.1) is 10.1 Å². The van der Waals surface area contributed by atoms with Crippen molar-refractivity contribution in [3.63, 3.8) is 0 Å². The van der Waals surface area contributed by atoms with Crippen molar-refractivity contribution in [1.82, 2.24) is 0 Å². The minimum absolute atomic E-state index is 0.0455. The zero-order chi connectivity index (χ0) is 11.8. The van der Waals surface area contributed by atoms with Gasteiger partial charge in [-0.3, -0.25) is 0 Å². The summed E-state index contributed by atoms with van der Waals surface area (Å²) in [6.45, 7) is 0. The first-order valence-corrected chi connectivity index (χ1v) is 7.17. The molecule has 6 heteroatoms. The van der Waals surface area contributed by atoms with Gasteiger partial charge < -0.3 is 0 Å². The number of alkyl halides is 2. The molecule has 16 heavy (non-hydrogen) atoms. The molecule has 3 aliphatic carbocycles. The van der Waals surface area contributed by atoms with E-state index in [4.69, 9.17) is 69.6 Å². The molecule has 3 rings (SSSR count). The number of rotatable bonds is 0. The fourth-order valence-electron chi connectivity index (χ4n) is 3.09. The van der Waals surface area contributed by atoms with Crippen molar-refractivity contribution >= 4 is 69.6 Å². The van der Waals surface area contributed by atoms with Crippen LogP contribution in [0.5, 0.6) is 0 Å². The van der Waals surface area contributed by atoms with Crippen LogP contribution in [-0.2, 0) is 0 Å². The van der Waals surface area contributed by atoms with Crippen LogP contribution in [-0.4, -0.2) is 10.3 Å². The molecular formula is C10H6Cl6. The van der Waals surface area contributed by atoms with E-state index in [1.807, 2.05) is 0 Å². The molecule has 3 aliphatic rings. The molecule has 5 unspecified atom stereocenters. The number of hydrogen-bond donors (Lipinski definition) is 0. The molecule has 0 aliphatic heterocycles. The average Bonchev–Trinajstić information content (AvgIpc) is 2.66. The fourth-order valence-corrected chi connectivity index (χ4v) is 5.91. The molecular weight excluding hydrogens is 333 g/mol. The van der Waals surface area contributed by atoms with Gasteiger partial charge in [0.25, 0.3) is 0 Å². The highest BCUT2D eigenvalue weighted by atomic mass is 35.5.